The Balaban J connectivity index is 0.000000121. The van der Waals surface area contributed by atoms with Crippen LogP contribution in [0.25, 0.3) is 156 Å². The first-order valence-corrected chi connectivity index (χ1v) is 28.9. The van der Waals surface area contributed by atoms with E-state index in [1.165, 1.54) is 90.5 Å². The molecule has 0 radical (unpaired) electrons. The number of H-pyrrole nitrogens is 1. The minimum Gasteiger partial charge on any atom is -0.354 e. The lowest BCUT2D eigenvalue weighted by atomic mass is 10.0. The Bertz CT molecular complexity index is 5510. The van der Waals surface area contributed by atoms with E-state index in [-0.39, 0.29) is 14.9 Å². The number of aromatic nitrogens is 6. The fourth-order valence-electron chi connectivity index (χ4n) is 12.0. The second kappa shape index (κ2) is 20.9. The second-order valence-electron chi connectivity index (χ2n) is 20.2. The summed E-state index contributed by atoms with van der Waals surface area (Å²) in [6.07, 6.45) is 0. The van der Waals surface area contributed by atoms with Crippen molar-refractivity contribution in [3.63, 3.8) is 0 Å². The van der Waals surface area contributed by atoms with E-state index in [0.29, 0.717) is 11.2 Å². The predicted molar refractivity (Wildman–Crippen MR) is 359 cm³/mol. The number of halogens is 1. The molecule has 12 aromatic carbocycles. The van der Waals surface area contributed by atoms with E-state index in [1.807, 2.05) is 42.5 Å². The molecule has 0 unspecified atom stereocenters. The highest BCUT2D eigenvalue weighted by Crippen LogP contribution is 2.44. The minimum absolute atomic E-state index is 0. The summed E-state index contributed by atoms with van der Waals surface area (Å²) < 4.78 is 6.92. The van der Waals surface area contributed by atoms with Gasteiger partial charge in [0.15, 0.2) is 0 Å². The van der Waals surface area contributed by atoms with Gasteiger partial charge in [0.1, 0.15) is 0 Å². The molecular weight excluding hydrogens is 1070 g/mol. The van der Waals surface area contributed by atoms with Crippen molar-refractivity contribution >= 4 is 162 Å². The Morgan fingerprint density at radius 1 is 0.349 bits per heavy atom. The average Bonchev–Trinajstić information content (AvgIpc) is 2.15. The molecule has 0 aliphatic carbocycles. The molecule has 18 rings (SSSR count). The number of benzene rings is 12. The maximum atomic E-state index is 6.11. The zero-order chi connectivity index (χ0) is 53.5. The number of nitrogens with one attached hydrogen (secondary N) is 1. The molecule has 0 spiro atoms. The number of hydrogen-bond acceptors (Lipinski definition) is 6. The summed E-state index contributed by atoms with van der Waals surface area (Å²) in [7, 11) is 0. The van der Waals surface area contributed by atoms with Gasteiger partial charge >= 0.3 is 0 Å². The fraction of sp³-hybridized carbons (Fsp3) is 0.0270. The van der Waals surface area contributed by atoms with Crippen molar-refractivity contribution in [3.8, 4) is 28.5 Å². The van der Waals surface area contributed by atoms with Crippen LogP contribution in [0.1, 0.15) is 14.9 Å². The van der Waals surface area contributed by atoms with E-state index in [0.717, 1.165) is 59.4 Å². The quantitative estimate of drug-likeness (QED) is 0.179. The lowest BCUT2D eigenvalue weighted by molar-refractivity contribution is 1.02. The zero-order valence-electron chi connectivity index (χ0n) is 43.2. The summed E-state index contributed by atoms with van der Waals surface area (Å²) in [5.41, 5.74) is 10.7. The highest BCUT2D eigenvalue weighted by Gasteiger charge is 2.23. The summed E-state index contributed by atoms with van der Waals surface area (Å²) in [5, 5.41) is 17.7. The predicted octanol–water partition coefficient (Wildman–Crippen LogP) is 22.0. The molecule has 6 heterocycles. The normalized spacial score (nSPS) is 11.5. The molecule has 0 fully saturated rings. The van der Waals surface area contributed by atoms with Gasteiger partial charge in [0.25, 0.3) is 0 Å². The number of aromatic amines is 1. The van der Waals surface area contributed by atoms with E-state index >= 15 is 0 Å². The van der Waals surface area contributed by atoms with Crippen molar-refractivity contribution in [2.45, 2.75) is 14.9 Å². The molecule has 6 aromatic heterocycles. The van der Waals surface area contributed by atoms with Crippen LogP contribution < -0.4 is 0 Å². The van der Waals surface area contributed by atoms with E-state index < -0.39 is 0 Å². The molecular formula is C74H51ClN6S2. The molecule has 0 atom stereocenters. The van der Waals surface area contributed by atoms with Crippen molar-refractivity contribution < 1.29 is 0 Å². The summed E-state index contributed by atoms with van der Waals surface area (Å²) in [4.78, 5) is 23.2. The van der Waals surface area contributed by atoms with Gasteiger partial charge in [-0.2, -0.15) is 0 Å². The SMILES string of the molecule is C.C.Clc1nc(-c2ccccc2)c2sc3ccccc3c2n1.c1ccc(-c2nc(-n3c4ccc5ccccc5c4c4ccc5ccccc5c43)nc3c2sc2ccccc23)cc1.c1ccc2c(c1)ccc1c2[nH]c2ccc3ccccc3c21. The zero-order valence-corrected chi connectivity index (χ0v) is 45.6. The molecule has 0 aliphatic heterocycles. The fourth-order valence-corrected chi connectivity index (χ4v) is 14.5. The highest BCUT2D eigenvalue weighted by atomic mass is 35.5. The van der Waals surface area contributed by atoms with E-state index in [4.69, 9.17) is 21.6 Å². The standard InChI is InChI=1S/C36H21N3S.C20H13N.C16H9ClN2S.2CH4/c1-2-12-24(13-3-1)32-35-33(27-16-8-9-17-30(27)40-35)38-36(37-32)39-29-21-19-22-10-4-6-14-25(22)31(29)28-20-18-23-11-5-7-15-26(23)34(28)39;1-3-7-15-13(5-1)10-12-18-19(15)17-11-9-14-6-2-4-8-16(14)20(17)21-18;17-16-18-13(10-6-2-1-3-7-10)15-14(19-16)11-8-4-5-9-12(11)20-15;;/h1-21H;1-12,21H;1-9H;2*1H4. The lowest BCUT2D eigenvalue weighted by Crippen LogP contribution is -2.03. The van der Waals surface area contributed by atoms with Gasteiger partial charge < -0.3 is 4.98 Å². The van der Waals surface area contributed by atoms with Crippen molar-refractivity contribution in [2.24, 2.45) is 0 Å². The van der Waals surface area contributed by atoms with Crippen LogP contribution in [-0.4, -0.2) is 29.5 Å². The second-order valence-corrected chi connectivity index (χ2v) is 22.7. The topological polar surface area (TPSA) is 72.3 Å². The Morgan fingerprint density at radius 3 is 1.41 bits per heavy atom. The number of thiophene rings is 2. The maximum absolute atomic E-state index is 6.11. The molecule has 18 aromatic rings. The van der Waals surface area contributed by atoms with Gasteiger partial charge in [-0.05, 0) is 68.2 Å². The van der Waals surface area contributed by atoms with Gasteiger partial charge in [-0.15, -0.1) is 22.7 Å². The van der Waals surface area contributed by atoms with Gasteiger partial charge in [0, 0.05) is 69.1 Å². The molecule has 0 amide bonds. The molecule has 9 heteroatoms. The molecule has 0 bridgehead atoms. The van der Waals surface area contributed by atoms with Crippen LogP contribution in [0.5, 0.6) is 0 Å². The van der Waals surface area contributed by atoms with E-state index in [9.17, 15) is 0 Å². The van der Waals surface area contributed by atoms with Crippen LogP contribution >= 0.6 is 34.3 Å². The third-order valence-corrected chi connectivity index (χ3v) is 18.1. The van der Waals surface area contributed by atoms with Crippen molar-refractivity contribution in [1.82, 2.24) is 29.5 Å². The number of hydrogen-bond donors (Lipinski definition) is 1. The molecule has 1 N–H and O–H groups in total. The van der Waals surface area contributed by atoms with Gasteiger partial charge in [-0.1, -0.05) is 245 Å². The summed E-state index contributed by atoms with van der Waals surface area (Å²) in [6, 6.07) is 89.5. The van der Waals surface area contributed by atoms with Crippen molar-refractivity contribution in [2.75, 3.05) is 0 Å². The van der Waals surface area contributed by atoms with Crippen LogP contribution in [0.15, 0.2) is 255 Å². The smallest absolute Gasteiger partial charge is 0.235 e. The number of fused-ring (bicyclic) bond motifs is 20. The molecule has 0 saturated heterocycles. The van der Waals surface area contributed by atoms with Crippen LogP contribution in [0.2, 0.25) is 5.28 Å². The first kappa shape index (κ1) is 51.3. The van der Waals surface area contributed by atoms with Gasteiger partial charge in [-0.25, -0.2) is 19.9 Å². The van der Waals surface area contributed by atoms with Crippen LogP contribution in [-0.2, 0) is 0 Å². The average molecular weight is 1120 g/mol. The maximum Gasteiger partial charge on any atom is 0.235 e. The summed E-state index contributed by atoms with van der Waals surface area (Å²) in [5.74, 6) is 0.696. The Morgan fingerprint density at radius 2 is 0.795 bits per heavy atom. The van der Waals surface area contributed by atoms with E-state index in [2.05, 4.69) is 232 Å². The van der Waals surface area contributed by atoms with E-state index in [1.54, 1.807) is 22.7 Å². The van der Waals surface area contributed by atoms with Gasteiger partial charge in [0.05, 0.1) is 48.4 Å². The minimum atomic E-state index is 0. The van der Waals surface area contributed by atoms with Crippen LogP contribution in [0.4, 0.5) is 0 Å². The Labute approximate surface area is 491 Å². The monoisotopic (exact) mass is 1120 g/mol. The third kappa shape index (κ3) is 8.52. The molecule has 6 nitrogen and oxygen atoms in total. The first-order chi connectivity index (χ1) is 40.1. The Hall–Kier alpha value is -9.83. The first-order valence-electron chi connectivity index (χ1n) is 26.9. The molecule has 0 aliphatic rings. The lowest BCUT2D eigenvalue weighted by Gasteiger charge is -2.11. The molecule has 0 saturated carbocycles. The number of rotatable bonds is 3. The summed E-state index contributed by atoms with van der Waals surface area (Å²) >= 11 is 9.59. The Kier molecular flexibility index (Phi) is 12.9. The van der Waals surface area contributed by atoms with Crippen molar-refractivity contribution in [3.05, 3.63) is 260 Å². The molecule has 396 valence electrons. The van der Waals surface area contributed by atoms with Crippen molar-refractivity contribution in [1.29, 1.82) is 0 Å². The highest BCUT2D eigenvalue weighted by molar-refractivity contribution is 7.26. The van der Waals surface area contributed by atoms with Crippen LogP contribution in [0.3, 0.4) is 0 Å². The third-order valence-electron chi connectivity index (χ3n) is 15.6. The molecule has 83 heavy (non-hydrogen) atoms. The van der Waals surface area contributed by atoms with Gasteiger partial charge in [0.2, 0.25) is 11.2 Å². The number of nitrogens with zero attached hydrogens (tertiary/aromatic N) is 5. The van der Waals surface area contributed by atoms with Crippen LogP contribution in [0, 0.1) is 0 Å². The summed E-state index contributed by atoms with van der Waals surface area (Å²) in [6.45, 7) is 0. The van der Waals surface area contributed by atoms with Gasteiger partial charge in [-0.3, -0.25) is 4.57 Å². The largest absolute Gasteiger partial charge is 0.354 e.